The van der Waals surface area contributed by atoms with E-state index in [2.05, 4.69) is 15.0 Å². The Balaban J connectivity index is 1.84. The second-order valence-corrected chi connectivity index (χ2v) is 6.84. The van der Waals surface area contributed by atoms with Crippen LogP contribution in [0.2, 0.25) is 0 Å². The van der Waals surface area contributed by atoms with Gasteiger partial charge in [-0.3, -0.25) is 4.79 Å². The highest BCUT2D eigenvalue weighted by molar-refractivity contribution is 6.04. The summed E-state index contributed by atoms with van der Waals surface area (Å²) < 4.78 is 34.7. The number of aromatic amines is 3. The van der Waals surface area contributed by atoms with Crippen molar-refractivity contribution in [2.24, 2.45) is 7.05 Å². The van der Waals surface area contributed by atoms with Crippen LogP contribution in [0.4, 0.5) is 8.78 Å². The normalized spacial score (nSPS) is 11.4. The summed E-state index contributed by atoms with van der Waals surface area (Å²) in [4.78, 5) is 32.7. The molecule has 0 aliphatic heterocycles. The number of imidazole rings is 1. The third-order valence-electron chi connectivity index (χ3n) is 4.93. The van der Waals surface area contributed by atoms with Gasteiger partial charge in [0.05, 0.1) is 16.6 Å². The summed E-state index contributed by atoms with van der Waals surface area (Å²) >= 11 is 0. The van der Waals surface area contributed by atoms with E-state index in [1.807, 2.05) is 0 Å². The number of nitrogens with zero attached hydrogens (tertiary/aromatic N) is 1. The van der Waals surface area contributed by atoms with Gasteiger partial charge in [-0.2, -0.15) is 0 Å². The monoisotopic (exact) mass is 408 g/mol. The number of aromatic nitrogens is 4. The maximum Gasteiger partial charge on any atom is 0.323 e. The minimum atomic E-state index is -0.865. The van der Waals surface area contributed by atoms with Crippen molar-refractivity contribution in [3.63, 3.8) is 0 Å². The highest BCUT2D eigenvalue weighted by Crippen LogP contribution is 2.40. The fourth-order valence-electron chi connectivity index (χ4n) is 3.58. The number of fused-ring (bicyclic) bond motifs is 2. The van der Waals surface area contributed by atoms with Crippen LogP contribution in [0, 0.1) is 11.6 Å². The summed E-state index contributed by atoms with van der Waals surface area (Å²) in [6.07, 6.45) is 3.25. The van der Waals surface area contributed by atoms with Crippen LogP contribution in [0.1, 0.15) is 0 Å². The summed E-state index contributed by atoms with van der Waals surface area (Å²) in [5, 5.41) is 0.608. The van der Waals surface area contributed by atoms with Gasteiger partial charge in [0, 0.05) is 36.5 Å². The van der Waals surface area contributed by atoms with Crippen LogP contribution in [0.15, 0.2) is 58.4 Å². The number of ether oxygens (including phenoxy) is 1. The number of hydrogen-bond acceptors (Lipinski definition) is 3. The van der Waals surface area contributed by atoms with Crippen LogP contribution in [0.3, 0.4) is 0 Å². The average molecular weight is 408 g/mol. The molecular weight excluding hydrogens is 394 g/mol. The molecule has 0 aliphatic carbocycles. The molecule has 3 heterocycles. The molecule has 0 aliphatic rings. The first-order valence-electron chi connectivity index (χ1n) is 8.97. The van der Waals surface area contributed by atoms with E-state index in [0.717, 1.165) is 12.1 Å². The summed E-state index contributed by atoms with van der Waals surface area (Å²) in [6.45, 7) is 0. The zero-order valence-electron chi connectivity index (χ0n) is 15.5. The van der Waals surface area contributed by atoms with Crippen molar-refractivity contribution >= 4 is 21.9 Å². The van der Waals surface area contributed by atoms with E-state index in [4.69, 9.17) is 4.74 Å². The number of nitrogens with one attached hydrogen (secondary N) is 3. The molecule has 150 valence electrons. The maximum absolute atomic E-state index is 14.2. The standard InChI is InChI=1S/C21H14F2N4O3/c1-27-9-12(11-6-7-24-18(11)20(27)28)17-16(5-3-14-19(17)26-21(29)25-14)30-15-4-2-10(22)8-13(15)23/h2-9,24H,1H3,(H2,25,26,29). The lowest BCUT2D eigenvalue weighted by Crippen LogP contribution is -2.16. The molecular formula is C21H14F2N4O3. The van der Waals surface area contributed by atoms with Crippen molar-refractivity contribution in [1.29, 1.82) is 0 Å². The Hall–Kier alpha value is -4.14. The number of benzene rings is 2. The molecule has 0 saturated heterocycles. The second-order valence-electron chi connectivity index (χ2n) is 6.84. The van der Waals surface area contributed by atoms with Crippen molar-refractivity contribution < 1.29 is 13.5 Å². The molecule has 9 heteroatoms. The molecule has 0 bridgehead atoms. The van der Waals surface area contributed by atoms with Crippen LogP contribution in [-0.4, -0.2) is 19.5 Å². The predicted octanol–water partition coefficient (Wildman–Crippen LogP) is 3.77. The Kier molecular flexibility index (Phi) is 3.85. The minimum absolute atomic E-state index is 0.176. The van der Waals surface area contributed by atoms with Gasteiger partial charge >= 0.3 is 5.69 Å². The number of aryl methyl sites for hydroxylation is 1. The zero-order valence-corrected chi connectivity index (χ0v) is 15.5. The number of H-pyrrole nitrogens is 3. The third kappa shape index (κ3) is 2.71. The Morgan fingerprint density at radius 3 is 2.57 bits per heavy atom. The van der Waals surface area contributed by atoms with E-state index < -0.39 is 17.3 Å². The molecule has 2 aromatic carbocycles. The molecule has 5 aromatic rings. The summed E-state index contributed by atoms with van der Waals surface area (Å²) in [5.41, 5.74) is 1.72. The fraction of sp³-hybridized carbons (Fsp3) is 0.0476. The van der Waals surface area contributed by atoms with Crippen LogP contribution in [0.25, 0.3) is 33.1 Å². The van der Waals surface area contributed by atoms with Crippen LogP contribution in [0.5, 0.6) is 11.5 Å². The van der Waals surface area contributed by atoms with Gasteiger partial charge in [0.15, 0.2) is 11.6 Å². The topological polar surface area (TPSA) is 95.7 Å². The van der Waals surface area contributed by atoms with Gasteiger partial charge in [0.2, 0.25) is 0 Å². The van der Waals surface area contributed by atoms with Crippen molar-refractivity contribution in [3.05, 3.63) is 81.3 Å². The number of pyridine rings is 1. The predicted molar refractivity (Wildman–Crippen MR) is 108 cm³/mol. The third-order valence-corrected chi connectivity index (χ3v) is 4.93. The number of hydrogen-bond donors (Lipinski definition) is 3. The lowest BCUT2D eigenvalue weighted by atomic mass is 10.0. The van der Waals surface area contributed by atoms with Gasteiger partial charge < -0.3 is 24.3 Å². The quantitative estimate of drug-likeness (QED) is 0.424. The molecule has 30 heavy (non-hydrogen) atoms. The van der Waals surface area contributed by atoms with Crippen LogP contribution in [-0.2, 0) is 7.05 Å². The Bertz CT molecular complexity index is 1560. The van der Waals surface area contributed by atoms with E-state index in [1.54, 1.807) is 37.6 Å². The van der Waals surface area contributed by atoms with Crippen molar-refractivity contribution in [3.8, 4) is 22.6 Å². The van der Waals surface area contributed by atoms with Crippen molar-refractivity contribution in [2.75, 3.05) is 0 Å². The summed E-state index contributed by atoms with van der Waals surface area (Å²) in [6, 6.07) is 7.92. The van der Waals surface area contributed by atoms with Gasteiger partial charge in [-0.05, 0) is 30.3 Å². The van der Waals surface area contributed by atoms with E-state index in [0.29, 0.717) is 33.1 Å². The van der Waals surface area contributed by atoms with Crippen molar-refractivity contribution in [2.45, 2.75) is 0 Å². The van der Waals surface area contributed by atoms with E-state index in [9.17, 15) is 18.4 Å². The molecule has 0 unspecified atom stereocenters. The van der Waals surface area contributed by atoms with Crippen LogP contribution >= 0.6 is 0 Å². The van der Waals surface area contributed by atoms with Gasteiger partial charge in [-0.15, -0.1) is 0 Å². The van der Waals surface area contributed by atoms with E-state index >= 15 is 0 Å². The molecule has 7 nitrogen and oxygen atoms in total. The first-order valence-corrected chi connectivity index (χ1v) is 8.97. The first kappa shape index (κ1) is 17.9. The lowest BCUT2D eigenvalue weighted by molar-refractivity contribution is 0.439. The molecule has 3 N–H and O–H groups in total. The van der Waals surface area contributed by atoms with Crippen molar-refractivity contribution in [1.82, 2.24) is 19.5 Å². The fourth-order valence-corrected chi connectivity index (χ4v) is 3.58. The lowest BCUT2D eigenvalue weighted by Gasteiger charge is -2.14. The van der Waals surface area contributed by atoms with Crippen LogP contribution < -0.4 is 16.0 Å². The molecule has 5 rings (SSSR count). The highest BCUT2D eigenvalue weighted by Gasteiger charge is 2.20. The number of halogens is 2. The molecule has 3 aromatic heterocycles. The molecule has 0 amide bonds. The largest absolute Gasteiger partial charge is 0.454 e. The maximum atomic E-state index is 14.2. The number of rotatable bonds is 3. The van der Waals surface area contributed by atoms with Gasteiger partial charge in [-0.25, -0.2) is 13.6 Å². The Morgan fingerprint density at radius 2 is 1.77 bits per heavy atom. The molecule has 0 saturated carbocycles. The Morgan fingerprint density at radius 1 is 0.967 bits per heavy atom. The smallest absolute Gasteiger partial charge is 0.323 e. The van der Waals surface area contributed by atoms with E-state index in [1.165, 1.54) is 10.6 Å². The first-order chi connectivity index (χ1) is 14.4. The molecule has 0 fully saturated rings. The molecule has 0 atom stereocenters. The summed E-state index contributed by atoms with van der Waals surface area (Å²) in [5.74, 6) is -1.54. The molecule has 0 radical (unpaired) electrons. The van der Waals surface area contributed by atoms with E-state index in [-0.39, 0.29) is 17.1 Å². The van der Waals surface area contributed by atoms with Gasteiger partial charge in [0.25, 0.3) is 5.56 Å². The second kappa shape index (κ2) is 6.45. The van der Waals surface area contributed by atoms with Gasteiger partial charge in [0.1, 0.15) is 17.1 Å². The summed E-state index contributed by atoms with van der Waals surface area (Å²) in [7, 11) is 1.60. The Labute approximate surface area is 166 Å². The molecule has 0 spiro atoms. The highest BCUT2D eigenvalue weighted by atomic mass is 19.1. The zero-order chi connectivity index (χ0) is 21.0. The average Bonchev–Trinajstić information content (AvgIpc) is 3.33. The SMILES string of the molecule is Cn1cc(-c2c(Oc3ccc(F)cc3F)ccc3[nH]c(=O)[nH]c23)c2cc[nH]c2c1=O. The van der Waals surface area contributed by atoms with Gasteiger partial charge in [-0.1, -0.05) is 0 Å². The minimum Gasteiger partial charge on any atom is -0.454 e.